The van der Waals surface area contributed by atoms with Gasteiger partial charge in [-0.1, -0.05) is 71.3 Å². The summed E-state index contributed by atoms with van der Waals surface area (Å²) >= 11 is 0. The second kappa shape index (κ2) is 4.95. The normalized spacial score (nSPS) is 15.8. The van der Waals surface area contributed by atoms with E-state index in [1.54, 1.807) is 0 Å². The van der Waals surface area contributed by atoms with Gasteiger partial charge in [0.25, 0.3) is 0 Å². The Morgan fingerprint density at radius 2 is 1.61 bits per heavy atom. The Morgan fingerprint density at radius 3 is 2.00 bits per heavy atom. The summed E-state index contributed by atoms with van der Waals surface area (Å²) in [5, 5.41) is 2.74. The average Bonchev–Trinajstić information content (AvgIpc) is 2.24. The molecule has 0 spiro atoms. The Labute approximate surface area is 113 Å². The SMILES string of the molecule is B/C(=c1/cc(C(C)(C)C)cc/c1=C/C)C(C)(C)C. The lowest BCUT2D eigenvalue weighted by Crippen LogP contribution is -2.33. The van der Waals surface area contributed by atoms with Crippen LogP contribution in [0.5, 0.6) is 0 Å². The lowest BCUT2D eigenvalue weighted by Gasteiger charge is -2.23. The van der Waals surface area contributed by atoms with Gasteiger partial charge in [0.05, 0.1) is 0 Å². The summed E-state index contributed by atoms with van der Waals surface area (Å²) in [5.41, 5.74) is 3.29. The highest BCUT2D eigenvalue weighted by Gasteiger charge is 2.16. The van der Waals surface area contributed by atoms with Crippen LogP contribution in [-0.2, 0) is 5.41 Å². The quantitative estimate of drug-likeness (QED) is 0.613. The monoisotopic (exact) mass is 242 g/mol. The molecule has 1 aromatic carbocycles. The summed E-state index contributed by atoms with van der Waals surface area (Å²) in [5.74, 6) is 0. The molecule has 0 heterocycles. The molecule has 0 fully saturated rings. The highest BCUT2D eigenvalue weighted by Crippen LogP contribution is 2.23. The van der Waals surface area contributed by atoms with Crippen molar-refractivity contribution in [3.63, 3.8) is 0 Å². The van der Waals surface area contributed by atoms with Crippen LogP contribution in [0.15, 0.2) is 18.2 Å². The molecule has 1 heteroatoms. The Bertz CT molecular complexity index is 536. The van der Waals surface area contributed by atoms with E-state index in [2.05, 4.69) is 80.6 Å². The van der Waals surface area contributed by atoms with Gasteiger partial charge in [-0.25, -0.2) is 0 Å². The molecule has 0 saturated heterocycles. The fraction of sp³-hybridized carbons (Fsp3) is 0.529. The van der Waals surface area contributed by atoms with Crippen molar-refractivity contribution in [1.29, 1.82) is 0 Å². The molecule has 0 aliphatic heterocycles. The first-order valence-electron chi connectivity index (χ1n) is 6.85. The predicted molar refractivity (Wildman–Crippen MR) is 85.9 cm³/mol. The lowest BCUT2D eigenvalue weighted by molar-refractivity contribution is 0.573. The van der Waals surface area contributed by atoms with Crippen molar-refractivity contribution < 1.29 is 0 Å². The van der Waals surface area contributed by atoms with Gasteiger partial charge >= 0.3 is 0 Å². The molecule has 18 heavy (non-hydrogen) atoms. The number of benzene rings is 1. The molecule has 0 bridgehead atoms. The second-order valence-corrected chi connectivity index (χ2v) is 7.22. The van der Waals surface area contributed by atoms with Crippen molar-refractivity contribution in [2.24, 2.45) is 5.41 Å². The third kappa shape index (κ3) is 3.28. The Morgan fingerprint density at radius 1 is 1.06 bits per heavy atom. The van der Waals surface area contributed by atoms with Gasteiger partial charge in [-0.05, 0) is 33.8 Å². The standard InChI is InChI=1S/C17H27B/c1-8-12-9-10-13(16(2,3)4)11-14(12)15(18)17(5,6)7/h8-11H,18H2,1-7H3/b12-8-,15-14-. The molecule has 1 rings (SSSR count). The van der Waals surface area contributed by atoms with Gasteiger partial charge in [0, 0.05) is 0 Å². The largest absolute Gasteiger partial charge is 0.135 e. The van der Waals surface area contributed by atoms with Crippen LogP contribution < -0.4 is 10.4 Å². The molecule has 0 aliphatic carbocycles. The first-order valence-corrected chi connectivity index (χ1v) is 6.85. The first kappa shape index (κ1) is 15.1. The van der Waals surface area contributed by atoms with E-state index in [1.165, 1.54) is 21.5 Å². The summed E-state index contributed by atoms with van der Waals surface area (Å²) in [4.78, 5) is 0. The van der Waals surface area contributed by atoms with E-state index >= 15 is 0 Å². The zero-order valence-corrected chi connectivity index (χ0v) is 13.3. The van der Waals surface area contributed by atoms with E-state index in [9.17, 15) is 0 Å². The van der Waals surface area contributed by atoms with E-state index in [-0.39, 0.29) is 10.8 Å². The zero-order chi connectivity index (χ0) is 14.1. The summed E-state index contributed by atoms with van der Waals surface area (Å²) < 4.78 is 0. The molecule has 0 unspecified atom stereocenters. The number of rotatable bonds is 0. The van der Waals surface area contributed by atoms with Crippen molar-refractivity contribution in [2.45, 2.75) is 53.9 Å². The summed E-state index contributed by atoms with van der Waals surface area (Å²) in [6.07, 6.45) is 2.21. The molecule has 0 amide bonds. The van der Waals surface area contributed by atoms with Gasteiger partial charge in [0.2, 0.25) is 0 Å². The summed E-state index contributed by atoms with van der Waals surface area (Å²) in [7, 11) is 2.26. The Balaban J connectivity index is 3.72. The van der Waals surface area contributed by atoms with E-state index in [0.717, 1.165) is 0 Å². The molecular weight excluding hydrogens is 215 g/mol. The van der Waals surface area contributed by atoms with Gasteiger partial charge < -0.3 is 0 Å². The Kier molecular flexibility index (Phi) is 4.15. The number of hydrogen-bond acceptors (Lipinski definition) is 0. The van der Waals surface area contributed by atoms with E-state index in [0.29, 0.717) is 0 Å². The first-order chi connectivity index (χ1) is 8.07. The van der Waals surface area contributed by atoms with Crippen LogP contribution in [-0.4, -0.2) is 7.85 Å². The van der Waals surface area contributed by atoms with E-state index < -0.39 is 0 Å². The lowest BCUT2D eigenvalue weighted by atomic mass is 9.72. The van der Waals surface area contributed by atoms with E-state index in [1.807, 2.05) is 0 Å². The van der Waals surface area contributed by atoms with Crippen LogP contribution in [0.4, 0.5) is 0 Å². The van der Waals surface area contributed by atoms with Crippen molar-refractivity contribution in [3.8, 4) is 0 Å². The topological polar surface area (TPSA) is 0 Å². The highest BCUT2D eigenvalue weighted by atomic mass is 14.2. The summed E-state index contributed by atoms with van der Waals surface area (Å²) in [6.45, 7) is 15.8. The highest BCUT2D eigenvalue weighted by molar-refractivity contribution is 6.39. The second-order valence-electron chi connectivity index (χ2n) is 7.22. The van der Waals surface area contributed by atoms with Crippen LogP contribution in [0.3, 0.4) is 0 Å². The van der Waals surface area contributed by atoms with Gasteiger partial charge in [-0.3, -0.25) is 0 Å². The third-order valence-corrected chi connectivity index (χ3v) is 3.76. The summed E-state index contributed by atoms with van der Waals surface area (Å²) in [6, 6.07) is 6.88. The minimum absolute atomic E-state index is 0.208. The third-order valence-electron chi connectivity index (χ3n) is 3.76. The molecule has 0 N–H and O–H groups in total. The fourth-order valence-corrected chi connectivity index (χ4v) is 2.00. The maximum atomic E-state index is 2.37. The molecule has 1 aromatic rings. The maximum absolute atomic E-state index is 2.37. The average molecular weight is 242 g/mol. The van der Waals surface area contributed by atoms with Crippen molar-refractivity contribution in [1.82, 2.24) is 0 Å². The molecule has 0 nitrogen and oxygen atoms in total. The van der Waals surface area contributed by atoms with Crippen molar-refractivity contribution >= 4 is 19.4 Å². The number of hydrogen-bond donors (Lipinski definition) is 0. The predicted octanol–water partition coefficient (Wildman–Crippen LogP) is 2.57. The minimum atomic E-state index is 0.208. The van der Waals surface area contributed by atoms with Crippen LogP contribution in [0.1, 0.15) is 54.0 Å². The van der Waals surface area contributed by atoms with Gasteiger partial charge in [0.15, 0.2) is 0 Å². The maximum Gasteiger partial charge on any atom is 0.135 e. The van der Waals surface area contributed by atoms with Gasteiger partial charge in [-0.2, -0.15) is 0 Å². The van der Waals surface area contributed by atoms with Gasteiger partial charge in [-0.15, -0.1) is 0 Å². The van der Waals surface area contributed by atoms with E-state index in [4.69, 9.17) is 0 Å². The molecule has 0 aliphatic rings. The van der Waals surface area contributed by atoms with Crippen molar-refractivity contribution in [3.05, 3.63) is 34.2 Å². The molecular formula is C17H27B. The zero-order valence-electron chi connectivity index (χ0n) is 13.3. The fourth-order valence-electron chi connectivity index (χ4n) is 2.00. The van der Waals surface area contributed by atoms with Gasteiger partial charge in [0.1, 0.15) is 7.85 Å². The smallest absolute Gasteiger partial charge is 0.0971 e. The van der Waals surface area contributed by atoms with Crippen LogP contribution in [0.25, 0.3) is 11.5 Å². The Hall–Kier alpha value is -0.975. The molecule has 0 atom stereocenters. The molecule has 98 valence electrons. The molecule has 0 radical (unpaired) electrons. The minimum Gasteiger partial charge on any atom is -0.0971 e. The molecule has 0 aromatic heterocycles. The van der Waals surface area contributed by atoms with Crippen LogP contribution in [0, 0.1) is 5.41 Å². The van der Waals surface area contributed by atoms with Crippen LogP contribution >= 0.6 is 0 Å². The molecule has 0 saturated carbocycles. The van der Waals surface area contributed by atoms with Crippen molar-refractivity contribution in [2.75, 3.05) is 0 Å². The van der Waals surface area contributed by atoms with Crippen LogP contribution in [0.2, 0.25) is 0 Å².